The highest BCUT2D eigenvalue weighted by atomic mass is 16.6. The van der Waals surface area contributed by atoms with E-state index in [1.54, 1.807) is 59.7 Å². The lowest BCUT2D eigenvalue weighted by molar-refractivity contribution is 0.0625. The van der Waals surface area contributed by atoms with Crippen LogP contribution in [-0.2, 0) is 14.2 Å². The first-order chi connectivity index (χ1) is 11.4. The minimum Gasteiger partial charge on any atom is -0.444 e. The molecular weight excluding hydrogens is 324 g/mol. The quantitative estimate of drug-likeness (QED) is 0.786. The molecule has 2 N–H and O–H groups in total. The number of rotatable bonds is 3. The van der Waals surface area contributed by atoms with Crippen molar-refractivity contribution >= 4 is 23.6 Å². The molecule has 1 unspecified atom stereocenters. The Hall–Kier alpha value is -2.28. The third-order valence-corrected chi connectivity index (χ3v) is 3.01. The summed E-state index contributed by atoms with van der Waals surface area (Å²) in [5.74, 6) is 0. The Balaban J connectivity index is 2.13. The molecule has 2 rings (SSSR count). The highest BCUT2D eigenvalue weighted by molar-refractivity contribution is 5.90. The summed E-state index contributed by atoms with van der Waals surface area (Å²) < 4.78 is 15.8. The number of hydrogen-bond donors (Lipinski definition) is 2. The number of ether oxygens (including phenoxy) is 3. The third-order valence-electron chi connectivity index (χ3n) is 3.01. The zero-order valence-corrected chi connectivity index (χ0v) is 15.6. The summed E-state index contributed by atoms with van der Waals surface area (Å²) in [6, 6.07) is 5.20. The molecule has 0 bridgehead atoms. The lowest BCUT2D eigenvalue weighted by Gasteiger charge is -2.21. The second-order valence-electron chi connectivity index (χ2n) is 7.88. The fourth-order valence-electron chi connectivity index (χ4n) is 2.09. The molecule has 1 aliphatic heterocycles. The van der Waals surface area contributed by atoms with Crippen LogP contribution in [0.15, 0.2) is 18.2 Å². The van der Waals surface area contributed by atoms with E-state index >= 15 is 0 Å². The van der Waals surface area contributed by atoms with Gasteiger partial charge in [-0.3, -0.25) is 10.6 Å². The van der Waals surface area contributed by atoms with E-state index in [0.29, 0.717) is 18.0 Å². The van der Waals surface area contributed by atoms with Gasteiger partial charge in [0.25, 0.3) is 0 Å². The molecule has 0 aromatic heterocycles. The normalized spacial score (nSPS) is 16.8. The summed E-state index contributed by atoms with van der Waals surface area (Å²) in [6.07, 6.45) is -1.18. The Kier molecular flexibility index (Phi) is 5.27. The summed E-state index contributed by atoms with van der Waals surface area (Å²) >= 11 is 0. The Labute approximate surface area is 148 Å². The van der Waals surface area contributed by atoms with Gasteiger partial charge in [-0.25, -0.2) is 9.59 Å². The van der Waals surface area contributed by atoms with Gasteiger partial charge in [-0.05, 0) is 53.7 Å². The molecule has 1 fully saturated rings. The second-order valence-corrected chi connectivity index (χ2v) is 7.88. The molecule has 0 aliphatic carbocycles. The number of carbonyl (C=O) groups is 2. The van der Waals surface area contributed by atoms with Crippen molar-refractivity contribution in [2.45, 2.75) is 58.8 Å². The van der Waals surface area contributed by atoms with Gasteiger partial charge in [-0.2, -0.15) is 0 Å². The molecule has 2 amide bonds. The molecule has 7 nitrogen and oxygen atoms in total. The van der Waals surface area contributed by atoms with E-state index in [1.165, 1.54) is 0 Å². The topological polar surface area (TPSA) is 89.2 Å². The summed E-state index contributed by atoms with van der Waals surface area (Å²) in [7, 11) is 0. The molecule has 0 spiro atoms. The lowest BCUT2D eigenvalue weighted by Crippen LogP contribution is -2.28. The van der Waals surface area contributed by atoms with Gasteiger partial charge in [0, 0.05) is 11.3 Å². The van der Waals surface area contributed by atoms with Crippen LogP contribution in [0.4, 0.5) is 21.0 Å². The van der Waals surface area contributed by atoms with E-state index in [1.807, 2.05) is 0 Å². The van der Waals surface area contributed by atoms with E-state index in [9.17, 15) is 9.59 Å². The standard InChI is InChI=1S/C18H26N2O5/c1-17(2,3)24-15(21)19-11-7-8-12(14-10-23-14)13(9-11)20-16(22)25-18(4,5)6/h7-9,14H,10H2,1-6H3,(H,19,21)(H,20,22). The molecule has 1 aromatic carbocycles. The number of carbonyl (C=O) groups excluding carboxylic acids is 2. The number of anilines is 2. The van der Waals surface area contributed by atoms with Crippen molar-refractivity contribution in [3.63, 3.8) is 0 Å². The van der Waals surface area contributed by atoms with Crippen molar-refractivity contribution in [3.8, 4) is 0 Å². The van der Waals surface area contributed by atoms with E-state index in [4.69, 9.17) is 14.2 Å². The maximum Gasteiger partial charge on any atom is 0.412 e. The smallest absolute Gasteiger partial charge is 0.412 e. The number of nitrogens with one attached hydrogen (secondary N) is 2. The minimum absolute atomic E-state index is 0.0551. The molecule has 0 radical (unpaired) electrons. The SMILES string of the molecule is CC(C)(C)OC(=O)Nc1ccc(C2CO2)c(NC(=O)OC(C)(C)C)c1. The Morgan fingerprint density at radius 1 is 1.00 bits per heavy atom. The van der Waals surface area contributed by atoms with Gasteiger partial charge in [0.15, 0.2) is 0 Å². The van der Waals surface area contributed by atoms with E-state index in [-0.39, 0.29) is 6.10 Å². The monoisotopic (exact) mass is 350 g/mol. The van der Waals surface area contributed by atoms with E-state index < -0.39 is 23.4 Å². The Bertz CT molecular complexity index is 654. The largest absolute Gasteiger partial charge is 0.444 e. The van der Waals surface area contributed by atoms with Crippen LogP contribution >= 0.6 is 0 Å². The maximum atomic E-state index is 12.1. The highest BCUT2D eigenvalue weighted by Crippen LogP contribution is 2.36. The molecule has 1 saturated heterocycles. The van der Waals surface area contributed by atoms with Gasteiger partial charge in [-0.15, -0.1) is 0 Å². The summed E-state index contributed by atoms with van der Waals surface area (Å²) in [6.45, 7) is 11.3. The summed E-state index contributed by atoms with van der Waals surface area (Å²) in [5, 5.41) is 5.37. The average molecular weight is 350 g/mol. The van der Waals surface area contributed by atoms with Crippen molar-refractivity contribution in [3.05, 3.63) is 23.8 Å². The molecule has 7 heteroatoms. The first-order valence-corrected chi connectivity index (χ1v) is 8.18. The van der Waals surface area contributed by atoms with E-state index in [0.717, 1.165) is 5.56 Å². The molecule has 1 atom stereocenters. The Morgan fingerprint density at radius 3 is 2.00 bits per heavy atom. The van der Waals surface area contributed by atoms with Gasteiger partial charge < -0.3 is 14.2 Å². The van der Waals surface area contributed by atoms with Crippen LogP contribution in [-0.4, -0.2) is 30.0 Å². The first-order valence-electron chi connectivity index (χ1n) is 8.18. The number of epoxide rings is 1. The van der Waals surface area contributed by atoms with Crippen LogP contribution in [0.5, 0.6) is 0 Å². The molecule has 25 heavy (non-hydrogen) atoms. The van der Waals surface area contributed by atoms with Gasteiger partial charge in [0.05, 0.1) is 12.3 Å². The predicted molar refractivity (Wildman–Crippen MR) is 94.8 cm³/mol. The van der Waals surface area contributed by atoms with Crippen LogP contribution in [0.3, 0.4) is 0 Å². The maximum absolute atomic E-state index is 12.1. The van der Waals surface area contributed by atoms with Crippen LogP contribution in [0.1, 0.15) is 53.2 Å². The zero-order chi connectivity index (χ0) is 18.8. The number of benzene rings is 1. The fraction of sp³-hybridized carbons (Fsp3) is 0.556. The molecule has 1 aliphatic rings. The van der Waals surface area contributed by atoms with Crippen LogP contribution in [0.25, 0.3) is 0 Å². The van der Waals surface area contributed by atoms with Gasteiger partial charge >= 0.3 is 12.2 Å². The van der Waals surface area contributed by atoms with Crippen molar-refractivity contribution in [1.82, 2.24) is 0 Å². The fourth-order valence-corrected chi connectivity index (χ4v) is 2.09. The van der Waals surface area contributed by atoms with Gasteiger partial charge in [0.1, 0.15) is 17.3 Å². The van der Waals surface area contributed by atoms with Crippen LogP contribution < -0.4 is 10.6 Å². The minimum atomic E-state index is -0.604. The number of amides is 2. The van der Waals surface area contributed by atoms with Crippen molar-refractivity contribution in [2.75, 3.05) is 17.2 Å². The predicted octanol–water partition coefficient (Wildman–Crippen LogP) is 4.45. The Morgan fingerprint density at radius 2 is 1.52 bits per heavy atom. The molecule has 1 aromatic rings. The summed E-state index contributed by atoms with van der Waals surface area (Å²) in [4.78, 5) is 24.0. The highest BCUT2D eigenvalue weighted by Gasteiger charge is 2.29. The first kappa shape index (κ1) is 19.1. The summed E-state index contributed by atoms with van der Waals surface area (Å²) in [5.41, 5.74) is 0.673. The van der Waals surface area contributed by atoms with Crippen molar-refractivity contribution in [2.24, 2.45) is 0 Å². The second kappa shape index (κ2) is 6.92. The van der Waals surface area contributed by atoms with Gasteiger partial charge in [-0.1, -0.05) is 6.07 Å². The van der Waals surface area contributed by atoms with Crippen LogP contribution in [0, 0.1) is 0 Å². The van der Waals surface area contributed by atoms with Crippen molar-refractivity contribution in [1.29, 1.82) is 0 Å². The van der Waals surface area contributed by atoms with Crippen molar-refractivity contribution < 1.29 is 23.8 Å². The van der Waals surface area contributed by atoms with Gasteiger partial charge in [0.2, 0.25) is 0 Å². The molecule has 0 saturated carbocycles. The zero-order valence-electron chi connectivity index (χ0n) is 15.6. The van der Waals surface area contributed by atoms with Crippen LogP contribution in [0.2, 0.25) is 0 Å². The average Bonchev–Trinajstić information content (AvgIpc) is 3.18. The molecular formula is C18H26N2O5. The lowest BCUT2D eigenvalue weighted by atomic mass is 10.1. The third kappa shape index (κ3) is 6.62. The molecule has 138 valence electrons. The van der Waals surface area contributed by atoms with E-state index in [2.05, 4.69) is 10.6 Å². The number of hydrogen-bond acceptors (Lipinski definition) is 5. The molecule has 1 heterocycles.